The fourth-order valence-electron chi connectivity index (χ4n) is 4.70. The Bertz CT molecular complexity index is 1330. The molecule has 1 aliphatic rings. The van der Waals surface area contributed by atoms with Gasteiger partial charge in [0, 0.05) is 42.3 Å². The van der Waals surface area contributed by atoms with Gasteiger partial charge in [-0.25, -0.2) is 0 Å². The number of allylic oxidation sites excluding steroid dienone is 4. The second kappa shape index (κ2) is 12.3. The van der Waals surface area contributed by atoms with Crippen molar-refractivity contribution in [3.05, 3.63) is 118 Å². The number of nitrogens with one attached hydrogen (secondary N) is 2. The molecule has 0 bridgehead atoms. The molecule has 0 spiro atoms. The summed E-state index contributed by atoms with van der Waals surface area (Å²) in [7, 11) is 1.98. The van der Waals surface area contributed by atoms with E-state index >= 15 is 0 Å². The van der Waals surface area contributed by atoms with Crippen molar-refractivity contribution in [3.8, 4) is 0 Å². The van der Waals surface area contributed by atoms with Gasteiger partial charge in [0.15, 0.2) is 0 Å². The Balaban J connectivity index is 2.27. The van der Waals surface area contributed by atoms with Crippen LogP contribution in [0.15, 0.2) is 73.0 Å². The van der Waals surface area contributed by atoms with Crippen LogP contribution in [0.2, 0.25) is 0 Å². The monoisotopic (exact) mass is 479 g/mol. The molecule has 0 amide bonds. The maximum absolute atomic E-state index is 3.85. The Hall–Kier alpha value is -3.72. The highest BCUT2D eigenvalue weighted by atomic mass is 15.0. The number of fused-ring (bicyclic) bond motifs is 1. The molecule has 188 valence electrons. The fraction of sp³-hybridized carbons (Fsp3) is 0.273. The van der Waals surface area contributed by atoms with Crippen LogP contribution in [0.4, 0.5) is 5.82 Å². The van der Waals surface area contributed by atoms with Gasteiger partial charge in [0.05, 0.1) is 0 Å². The molecule has 1 unspecified atom stereocenters. The van der Waals surface area contributed by atoms with Gasteiger partial charge in [-0.05, 0) is 93.1 Å². The lowest BCUT2D eigenvalue weighted by atomic mass is 9.96. The lowest BCUT2D eigenvalue weighted by molar-refractivity contribution is 0.932. The number of aryl methyl sites for hydroxylation is 3. The largest absolute Gasteiger partial charge is 0.374 e. The number of hydrogen-bond donors (Lipinski definition) is 2. The van der Waals surface area contributed by atoms with E-state index in [1.54, 1.807) is 0 Å². The first-order valence-electron chi connectivity index (χ1n) is 12.7. The maximum Gasteiger partial charge on any atom is 0.110 e. The van der Waals surface area contributed by atoms with Gasteiger partial charge < -0.3 is 14.9 Å². The van der Waals surface area contributed by atoms with Gasteiger partial charge in [-0.2, -0.15) is 0 Å². The van der Waals surface area contributed by atoms with E-state index in [9.17, 15) is 0 Å². The van der Waals surface area contributed by atoms with E-state index in [0.717, 1.165) is 17.9 Å². The van der Waals surface area contributed by atoms with Crippen molar-refractivity contribution in [1.29, 1.82) is 0 Å². The van der Waals surface area contributed by atoms with E-state index in [-0.39, 0.29) is 0 Å². The number of hydrogen-bond acceptors (Lipinski definition) is 1. The molecule has 0 fully saturated rings. The van der Waals surface area contributed by atoms with Crippen molar-refractivity contribution in [2.45, 2.75) is 53.9 Å². The molecule has 2 heterocycles. The highest BCUT2D eigenvalue weighted by Gasteiger charge is 2.23. The Morgan fingerprint density at radius 3 is 2.53 bits per heavy atom. The van der Waals surface area contributed by atoms with Gasteiger partial charge in [-0.3, -0.25) is 0 Å². The summed E-state index contributed by atoms with van der Waals surface area (Å²) in [6, 6.07) is 13.1. The first-order chi connectivity index (χ1) is 17.3. The maximum atomic E-state index is 3.85. The second-order valence-electron chi connectivity index (χ2n) is 9.48. The van der Waals surface area contributed by atoms with Crippen LogP contribution in [0.5, 0.6) is 0 Å². The Morgan fingerprint density at radius 1 is 1.08 bits per heavy atom. The Labute approximate surface area is 217 Å². The minimum Gasteiger partial charge on any atom is -0.374 e. The Morgan fingerprint density at radius 2 is 1.83 bits per heavy atom. The fourth-order valence-corrected chi connectivity index (χ4v) is 4.70. The molecule has 3 heteroatoms. The van der Waals surface area contributed by atoms with Crippen LogP contribution in [0.1, 0.15) is 64.5 Å². The quantitative estimate of drug-likeness (QED) is 0.413. The molecular formula is C33H41N3. The zero-order valence-electron chi connectivity index (χ0n) is 22.9. The van der Waals surface area contributed by atoms with Crippen molar-refractivity contribution in [2.75, 3.05) is 12.4 Å². The van der Waals surface area contributed by atoms with Crippen molar-refractivity contribution >= 4 is 24.2 Å². The molecule has 1 atom stereocenters. The van der Waals surface area contributed by atoms with E-state index in [0.29, 0.717) is 5.92 Å². The van der Waals surface area contributed by atoms with Crippen LogP contribution in [0, 0.1) is 27.7 Å². The molecule has 3 rings (SSSR count). The molecule has 2 aromatic rings. The standard InChI is InChI=1S/C33H41N3/c1-9-11-18-36-19-17-28-21-29(27(7)31(28)20-24(4)26(6)32(36)14-10-2)22-30-23(3)15-12-13-16-25(5)35-33(30)34-8/h9-20,22,27,34-35H,1,21H2,2-8H3/b13-12?,14-10-,18-11+,19-17?,23-15?,24-20?,25-16?,29-22+,32-26?,33-30?. The molecule has 2 aromatic heterocycles. The zero-order valence-corrected chi connectivity index (χ0v) is 22.9. The lowest BCUT2D eigenvalue weighted by Gasteiger charge is -2.12. The third-order valence-corrected chi connectivity index (χ3v) is 6.96. The molecule has 1 aliphatic carbocycles. The van der Waals surface area contributed by atoms with Crippen molar-refractivity contribution < 1.29 is 0 Å². The normalized spacial score (nSPS) is 15.8. The SMILES string of the molecule is C=C/C=C/n1ccc2c(cc(C)c(C)c1/C=C\C)C(C)/C(=C/c1c(C)ccccc(C)[nH]c1NC)C2. The summed E-state index contributed by atoms with van der Waals surface area (Å²) in [6.45, 7) is 16.9. The van der Waals surface area contributed by atoms with Gasteiger partial charge in [-0.1, -0.05) is 61.6 Å². The third kappa shape index (κ3) is 6.09. The highest BCUT2D eigenvalue weighted by Crippen LogP contribution is 2.39. The molecule has 0 radical (unpaired) electrons. The topological polar surface area (TPSA) is 32.8 Å². The predicted molar refractivity (Wildman–Crippen MR) is 159 cm³/mol. The average Bonchev–Trinajstić information content (AvgIpc) is 3.19. The zero-order chi connectivity index (χ0) is 26.2. The molecule has 36 heavy (non-hydrogen) atoms. The molecular weight excluding hydrogens is 438 g/mol. The summed E-state index contributed by atoms with van der Waals surface area (Å²) >= 11 is 0. The summed E-state index contributed by atoms with van der Waals surface area (Å²) in [5.74, 6) is 1.35. The molecule has 0 aliphatic heterocycles. The molecule has 0 saturated heterocycles. The van der Waals surface area contributed by atoms with Gasteiger partial charge >= 0.3 is 0 Å². The van der Waals surface area contributed by atoms with Crippen LogP contribution in [-0.4, -0.2) is 16.6 Å². The van der Waals surface area contributed by atoms with E-state index < -0.39 is 0 Å². The van der Waals surface area contributed by atoms with Crippen molar-refractivity contribution in [1.82, 2.24) is 9.55 Å². The highest BCUT2D eigenvalue weighted by molar-refractivity contribution is 5.70. The Kier molecular flexibility index (Phi) is 9.19. The van der Waals surface area contributed by atoms with Crippen LogP contribution in [-0.2, 0) is 6.42 Å². The van der Waals surface area contributed by atoms with Crippen molar-refractivity contribution in [3.63, 3.8) is 0 Å². The number of anilines is 1. The third-order valence-electron chi connectivity index (χ3n) is 6.96. The average molecular weight is 480 g/mol. The molecule has 2 N–H and O–H groups in total. The first kappa shape index (κ1) is 26.9. The van der Waals surface area contributed by atoms with Crippen LogP contribution >= 0.6 is 0 Å². The number of aromatic amines is 1. The number of rotatable bonds is 5. The molecule has 3 nitrogen and oxygen atoms in total. The van der Waals surface area contributed by atoms with E-state index in [2.05, 4.69) is 130 Å². The van der Waals surface area contributed by atoms with Crippen LogP contribution in [0.25, 0.3) is 18.4 Å². The second-order valence-corrected chi connectivity index (χ2v) is 9.48. The van der Waals surface area contributed by atoms with Gasteiger partial charge in [0.2, 0.25) is 0 Å². The minimum atomic E-state index is 0.325. The summed E-state index contributed by atoms with van der Waals surface area (Å²) in [6.07, 6.45) is 15.6. The number of H-pyrrole nitrogens is 1. The first-order valence-corrected chi connectivity index (χ1v) is 12.7. The van der Waals surface area contributed by atoms with Crippen LogP contribution in [0.3, 0.4) is 0 Å². The van der Waals surface area contributed by atoms with E-state index in [1.165, 1.54) is 44.6 Å². The van der Waals surface area contributed by atoms with Crippen LogP contribution < -0.4 is 5.32 Å². The smallest absolute Gasteiger partial charge is 0.110 e. The van der Waals surface area contributed by atoms with E-state index in [1.807, 2.05) is 19.2 Å². The molecule has 0 aromatic carbocycles. The summed E-state index contributed by atoms with van der Waals surface area (Å²) in [5, 5.41) is 3.39. The van der Waals surface area contributed by atoms with Gasteiger partial charge in [0.25, 0.3) is 0 Å². The number of aromatic nitrogens is 2. The minimum absolute atomic E-state index is 0.325. The summed E-state index contributed by atoms with van der Waals surface area (Å²) in [5.41, 5.74) is 11.4. The number of nitrogens with zero attached hydrogens (tertiary/aromatic N) is 1. The van der Waals surface area contributed by atoms with Gasteiger partial charge in [-0.15, -0.1) is 0 Å². The predicted octanol–water partition coefficient (Wildman–Crippen LogP) is 8.77. The lowest BCUT2D eigenvalue weighted by Crippen LogP contribution is -1.98. The van der Waals surface area contributed by atoms with E-state index in [4.69, 9.17) is 0 Å². The van der Waals surface area contributed by atoms with Crippen molar-refractivity contribution in [2.24, 2.45) is 0 Å². The summed E-state index contributed by atoms with van der Waals surface area (Å²) < 4.78 is 2.19. The summed E-state index contributed by atoms with van der Waals surface area (Å²) in [4.78, 5) is 3.54. The molecule has 0 saturated carbocycles. The van der Waals surface area contributed by atoms with Gasteiger partial charge in [0.1, 0.15) is 5.82 Å².